The van der Waals surface area contributed by atoms with Gasteiger partial charge in [0, 0.05) is 6.42 Å². The molecule has 0 aliphatic heterocycles. The summed E-state index contributed by atoms with van der Waals surface area (Å²) < 4.78 is 5.39. The van der Waals surface area contributed by atoms with Gasteiger partial charge < -0.3 is 9.84 Å². The van der Waals surface area contributed by atoms with E-state index in [1.807, 2.05) is 18.2 Å². The van der Waals surface area contributed by atoms with Crippen LogP contribution in [-0.2, 0) is 4.79 Å². The normalized spacial score (nSPS) is 10.4. The zero-order valence-electron chi connectivity index (χ0n) is 16.2. The minimum Gasteiger partial charge on any atom is -0.478 e. The molecular formula is C24H28O4. The number of aromatic carboxylic acids is 1. The van der Waals surface area contributed by atoms with E-state index in [4.69, 9.17) is 9.84 Å². The lowest BCUT2D eigenvalue weighted by molar-refractivity contribution is -0.134. The second-order valence-electron chi connectivity index (χ2n) is 6.83. The molecule has 1 N–H and O–H groups in total. The van der Waals surface area contributed by atoms with E-state index in [1.165, 1.54) is 19.3 Å². The van der Waals surface area contributed by atoms with Gasteiger partial charge in [-0.2, -0.15) is 0 Å². The van der Waals surface area contributed by atoms with Gasteiger partial charge in [0.15, 0.2) is 0 Å². The molecule has 4 nitrogen and oxygen atoms in total. The van der Waals surface area contributed by atoms with Crippen molar-refractivity contribution in [1.29, 1.82) is 0 Å². The first-order valence-electron chi connectivity index (χ1n) is 9.85. The third kappa shape index (κ3) is 7.39. The van der Waals surface area contributed by atoms with Crippen molar-refractivity contribution in [2.45, 2.75) is 51.4 Å². The van der Waals surface area contributed by atoms with Crippen LogP contribution in [0.5, 0.6) is 5.75 Å². The molecule has 0 aromatic heterocycles. The van der Waals surface area contributed by atoms with E-state index in [1.54, 1.807) is 36.4 Å². The summed E-state index contributed by atoms with van der Waals surface area (Å²) in [5, 5.41) is 8.95. The topological polar surface area (TPSA) is 63.6 Å². The van der Waals surface area contributed by atoms with E-state index in [0.29, 0.717) is 12.2 Å². The average molecular weight is 380 g/mol. The Labute approximate surface area is 166 Å². The molecule has 0 amide bonds. The number of ether oxygens (including phenoxy) is 1. The summed E-state index contributed by atoms with van der Waals surface area (Å²) in [6.07, 6.45) is 10.2. The van der Waals surface area contributed by atoms with Crippen LogP contribution < -0.4 is 4.74 Å². The Morgan fingerprint density at radius 3 is 1.93 bits per heavy atom. The fourth-order valence-corrected chi connectivity index (χ4v) is 2.97. The van der Waals surface area contributed by atoms with E-state index in [-0.39, 0.29) is 11.5 Å². The van der Waals surface area contributed by atoms with E-state index in [0.717, 1.165) is 36.8 Å². The molecule has 0 aliphatic carbocycles. The third-order valence-electron chi connectivity index (χ3n) is 4.59. The number of carboxylic acids is 1. The smallest absolute Gasteiger partial charge is 0.335 e. The highest BCUT2D eigenvalue weighted by molar-refractivity contribution is 5.88. The Morgan fingerprint density at radius 2 is 1.36 bits per heavy atom. The summed E-state index contributed by atoms with van der Waals surface area (Å²) in [6, 6.07) is 13.9. The average Bonchev–Trinajstić information content (AvgIpc) is 2.70. The summed E-state index contributed by atoms with van der Waals surface area (Å²) in [4.78, 5) is 22.9. The van der Waals surface area contributed by atoms with E-state index >= 15 is 0 Å². The highest BCUT2D eigenvalue weighted by Crippen LogP contribution is 2.23. The molecule has 0 saturated carbocycles. The van der Waals surface area contributed by atoms with Crippen molar-refractivity contribution in [3.8, 4) is 16.9 Å². The Bertz CT molecular complexity index is 760. The highest BCUT2D eigenvalue weighted by atomic mass is 16.5. The first-order chi connectivity index (χ1) is 13.6. The summed E-state index contributed by atoms with van der Waals surface area (Å²) in [6.45, 7) is 3.72. The van der Waals surface area contributed by atoms with Crippen molar-refractivity contribution in [1.82, 2.24) is 0 Å². The number of carbonyl (C=O) groups is 2. The predicted molar refractivity (Wildman–Crippen MR) is 112 cm³/mol. The van der Waals surface area contributed by atoms with E-state index in [2.05, 4.69) is 6.58 Å². The minimum absolute atomic E-state index is 0.204. The number of esters is 1. The quantitative estimate of drug-likeness (QED) is 0.204. The standard InChI is InChI=1S/C24H28O4/c1-2-3-4-5-6-7-8-9-10-23(25)28-22-17-15-20(16-18-22)19-11-13-21(14-12-19)24(26)27/h2,11-18H,1,3-10H2,(H,26,27). The predicted octanol–water partition coefficient (Wildman–Crippen LogP) is 6.26. The Hall–Kier alpha value is -2.88. The first kappa shape index (κ1) is 21.4. The van der Waals surface area contributed by atoms with Gasteiger partial charge in [-0.25, -0.2) is 4.79 Å². The molecule has 2 rings (SSSR count). The zero-order valence-corrected chi connectivity index (χ0v) is 16.2. The van der Waals surface area contributed by atoms with Crippen molar-refractivity contribution in [3.05, 3.63) is 66.7 Å². The van der Waals surface area contributed by atoms with Crippen molar-refractivity contribution in [2.75, 3.05) is 0 Å². The molecule has 2 aromatic rings. The fraction of sp³-hybridized carbons (Fsp3) is 0.333. The first-order valence-corrected chi connectivity index (χ1v) is 9.85. The lowest BCUT2D eigenvalue weighted by Gasteiger charge is -2.07. The van der Waals surface area contributed by atoms with Crippen LogP contribution >= 0.6 is 0 Å². The lowest BCUT2D eigenvalue weighted by Crippen LogP contribution is -2.07. The van der Waals surface area contributed by atoms with Crippen molar-refractivity contribution < 1.29 is 19.4 Å². The molecule has 0 unspecified atom stereocenters. The number of carboxylic acid groups (broad SMARTS) is 1. The number of unbranched alkanes of at least 4 members (excludes halogenated alkanes) is 6. The second kappa shape index (κ2) is 11.8. The van der Waals surface area contributed by atoms with Gasteiger partial charge in [-0.05, 0) is 54.7 Å². The van der Waals surface area contributed by atoms with Crippen LogP contribution in [-0.4, -0.2) is 17.0 Å². The van der Waals surface area contributed by atoms with Crippen LogP contribution in [0.4, 0.5) is 0 Å². The maximum absolute atomic E-state index is 12.0. The second-order valence-corrected chi connectivity index (χ2v) is 6.83. The van der Waals surface area contributed by atoms with Gasteiger partial charge in [-0.1, -0.05) is 56.0 Å². The number of hydrogen-bond donors (Lipinski definition) is 1. The van der Waals surface area contributed by atoms with Gasteiger partial charge in [0.1, 0.15) is 5.75 Å². The number of hydrogen-bond acceptors (Lipinski definition) is 3. The highest BCUT2D eigenvalue weighted by Gasteiger charge is 2.06. The van der Waals surface area contributed by atoms with Gasteiger partial charge in [-0.3, -0.25) is 4.79 Å². The van der Waals surface area contributed by atoms with Gasteiger partial charge in [0.2, 0.25) is 0 Å². The zero-order chi connectivity index (χ0) is 20.2. The molecule has 0 saturated heterocycles. The molecule has 0 spiro atoms. The Morgan fingerprint density at radius 1 is 0.821 bits per heavy atom. The summed E-state index contributed by atoms with van der Waals surface area (Å²) in [5.74, 6) is -0.618. The molecule has 0 aliphatic rings. The number of rotatable bonds is 12. The van der Waals surface area contributed by atoms with Crippen molar-refractivity contribution in [3.63, 3.8) is 0 Å². The molecule has 28 heavy (non-hydrogen) atoms. The maximum Gasteiger partial charge on any atom is 0.335 e. The summed E-state index contributed by atoms with van der Waals surface area (Å²) in [7, 11) is 0. The van der Waals surface area contributed by atoms with Crippen LogP contribution in [0.25, 0.3) is 11.1 Å². The van der Waals surface area contributed by atoms with Gasteiger partial charge in [-0.15, -0.1) is 6.58 Å². The number of carbonyl (C=O) groups excluding carboxylic acids is 1. The fourth-order valence-electron chi connectivity index (χ4n) is 2.97. The summed E-state index contributed by atoms with van der Waals surface area (Å²) in [5.41, 5.74) is 2.11. The third-order valence-corrected chi connectivity index (χ3v) is 4.59. The molecular weight excluding hydrogens is 352 g/mol. The Kier molecular flexibility index (Phi) is 8.99. The van der Waals surface area contributed by atoms with E-state index in [9.17, 15) is 9.59 Å². The molecule has 0 fully saturated rings. The van der Waals surface area contributed by atoms with E-state index < -0.39 is 5.97 Å². The van der Waals surface area contributed by atoms with Crippen LogP contribution in [0.3, 0.4) is 0 Å². The van der Waals surface area contributed by atoms with Crippen molar-refractivity contribution in [2.24, 2.45) is 0 Å². The minimum atomic E-state index is -0.943. The monoisotopic (exact) mass is 380 g/mol. The largest absolute Gasteiger partial charge is 0.478 e. The van der Waals surface area contributed by atoms with Crippen LogP contribution in [0.15, 0.2) is 61.2 Å². The van der Waals surface area contributed by atoms with Gasteiger partial charge in [0.25, 0.3) is 0 Å². The van der Waals surface area contributed by atoms with Gasteiger partial charge >= 0.3 is 11.9 Å². The van der Waals surface area contributed by atoms with Crippen LogP contribution in [0.1, 0.15) is 61.7 Å². The molecule has 2 aromatic carbocycles. The lowest BCUT2D eigenvalue weighted by atomic mass is 10.0. The number of benzene rings is 2. The maximum atomic E-state index is 12.0. The molecule has 0 radical (unpaired) electrons. The SMILES string of the molecule is C=CCCCCCCCCC(=O)Oc1ccc(-c2ccc(C(=O)O)cc2)cc1. The molecule has 148 valence electrons. The summed E-state index contributed by atoms with van der Waals surface area (Å²) >= 11 is 0. The number of allylic oxidation sites excluding steroid dienone is 1. The van der Waals surface area contributed by atoms with Gasteiger partial charge in [0.05, 0.1) is 5.56 Å². The van der Waals surface area contributed by atoms with Crippen LogP contribution in [0, 0.1) is 0 Å². The van der Waals surface area contributed by atoms with Crippen molar-refractivity contribution >= 4 is 11.9 Å². The molecule has 0 bridgehead atoms. The Balaban J connectivity index is 1.72. The molecule has 4 heteroatoms. The molecule has 0 heterocycles. The van der Waals surface area contributed by atoms with Crippen LogP contribution in [0.2, 0.25) is 0 Å². The molecule has 0 atom stereocenters.